The third-order valence-corrected chi connectivity index (χ3v) is 4.55. The second kappa shape index (κ2) is 7.39. The van der Waals surface area contributed by atoms with Crippen molar-refractivity contribution in [3.8, 4) is 0 Å². The van der Waals surface area contributed by atoms with Crippen LogP contribution < -0.4 is 10.5 Å². The summed E-state index contributed by atoms with van der Waals surface area (Å²) < 4.78 is 28.0. The maximum Gasteiger partial charge on any atom is 0.238 e. The van der Waals surface area contributed by atoms with Crippen molar-refractivity contribution in [1.29, 1.82) is 0 Å². The number of carbonyl (C=O) groups excluding carboxylic acids is 1. The number of anilines is 1. The van der Waals surface area contributed by atoms with Gasteiger partial charge in [0.2, 0.25) is 15.9 Å². The number of nitrogens with two attached hydrogens (primary N) is 1. The molecule has 1 aliphatic rings. The van der Waals surface area contributed by atoms with Crippen LogP contribution in [0.4, 0.5) is 5.69 Å². The summed E-state index contributed by atoms with van der Waals surface area (Å²) in [7, 11) is -3.71. The Morgan fingerprint density at radius 3 is 2.35 bits per heavy atom. The van der Waals surface area contributed by atoms with E-state index in [1.807, 2.05) is 13.8 Å². The number of rotatable bonds is 5. The zero-order chi connectivity index (χ0) is 17.0. The van der Waals surface area contributed by atoms with Crippen molar-refractivity contribution >= 4 is 21.6 Å². The summed E-state index contributed by atoms with van der Waals surface area (Å²) in [4.78, 5) is 14.2. The highest BCUT2D eigenvalue weighted by Crippen LogP contribution is 2.14. The van der Waals surface area contributed by atoms with Crippen molar-refractivity contribution < 1.29 is 17.9 Å². The molecule has 1 aromatic carbocycles. The van der Waals surface area contributed by atoms with Crippen molar-refractivity contribution in [3.05, 3.63) is 24.3 Å². The van der Waals surface area contributed by atoms with Gasteiger partial charge in [0.15, 0.2) is 0 Å². The average molecular weight is 341 g/mol. The number of benzene rings is 1. The van der Waals surface area contributed by atoms with Crippen LogP contribution >= 0.6 is 0 Å². The second-order valence-electron chi connectivity index (χ2n) is 5.88. The Kier molecular flexibility index (Phi) is 5.74. The molecule has 1 aliphatic heterocycles. The lowest BCUT2D eigenvalue weighted by molar-refractivity contribution is -0.117. The molecule has 23 heavy (non-hydrogen) atoms. The second-order valence-corrected chi connectivity index (χ2v) is 7.45. The molecule has 0 aromatic heterocycles. The molecule has 1 aromatic rings. The third kappa shape index (κ3) is 5.58. The average Bonchev–Trinajstić information content (AvgIpc) is 2.44. The van der Waals surface area contributed by atoms with E-state index in [0.29, 0.717) is 18.7 Å². The number of ether oxygens (including phenoxy) is 1. The molecule has 2 rings (SSSR count). The summed E-state index contributed by atoms with van der Waals surface area (Å²) in [6, 6.07) is 5.79. The van der Waals surface area contributed by atoms with Gasteiger partial charge in [-0.05, 0) is 38.1 Å². The molecule has 1 fully saturated rings. The summed E-state index contributed by atoms with van der Waals surface area (Å²) in [5.74, 6) is -0.111. The number of amides is 1. The summed E-state index contributed by atoms with van der Waals surface area (Å²) in [6.07, 6.45) is 0.719. The molecule has 0 unspecified atom stereocenters. The van der Waals surface area contributed by atoms with Gasteiger partial charge in [0.05, 0.1) is 17.1 Å². The first kappa shape index (κ1) is 17.9. The molecule has 128 valence electrons. The quantitative estimate of drug-likeness (QED) is 0.824. The maximum absolute atomic E-state index is 12.0. The van der Waals surface area contributed by atoms with Crippen LogP contribution in [0.1, 0.15) is 20.3 Å². The van der Waals surface area contributed by atoms with E-state index in [2.05, 4.69) is 10.2 Å². The largest absolute Gasteiger partial charge is 0.373 e. The predicted molar refractivity (Wildman–Crippen MR) is 87.5 cm³/mol. The van der Waals surface area contributed by atoms with Crippen molar-refractivity contribution in [2.45, 2.75) is 37.4 Å². The molecule has 0 bridgehead atoms. The van der Waals surface area contributed by atoms with Gasteiger partial charge in [0.25, 0.3) is 0 Å². The Morgan fingerprint density at radius 2 is 1.83 bits per heavy atom. The summed E-state index contributed by atoms with van der Waals surface area (Å²) in [6.45, 7) is 6.35. The highest BCUT2D eigenvalue weighted by molar-refractivity contribution is 7.89. The number of primary sulfonamides is 1. The normalized spacial score (nSPS) is 22.7. The number of morpholine rings is 1. The fraction of sp³-hybridized carbons (Fsp3) is 0.533. The Hall–Kier alpha value is -1.48. The van der Waals surface area contributed by atoms with Gasteiger partial charge in [0.1, 0.15) is 0 Å². The number of sulfonamides is 1. The van der Waals surface area contributed by atoms with Crippen molar-refractivity contribution in [2.24, 2.45) is 5.14 Å². The SMILES string of the molecule is C[C@@H]1CN(CCC(=O)Nc2ccc(S(N)(=O)=O)cc2)C[C@H](C)O1. The van der Waals surface area contributed by atoms with Gasteiger partial charge in [0, 0.05) is 31.7 Å². The molecule has 2 atom stereocenters. The molecule has 1 saturated heterocycles. The van der Waals surface area contributed by atoms with Crippen LogP contribution in [0.5, 0.6) is 0 Å². The van der Waals surface area contributed by atoms with E-state index in [-0.39, 0.29) is 23.0 Å². The number of nitrogens with one attached hydrogen (secondary N) is 1. The standard InChI is InChI=1S/C15H23N3O4S/c1-11-9-18(10-12(2)22-11)8-7-15(19)17-13-3-5-14(6-4-13)23(16,20)21/h3-6,11-12H,7-10H2,1-2H3,(H,17,19)(H2,16,20,21)/t11-,12+. The molecule has 0 spiro atoms. The number of hydrogen-bond acceptors (Lipinski definition) is 5. The van der Waals surface area contributed by atoms with Crippen LogP contribution in [0.15, 0.2) is 29.2 Å². The molecule has 0 radical (unpaired) electrons. The van der Waals surface area contributed by atoms with E-state index in [9.17, 15) is 13.2 Å². The minimum absolute atomic E-state index is 0.0202. The first-order chi connectivity index (χ1) is 10.7. The molecule has 0 saturated carbocycles. The summed E-state index contributed by atoms with van der Waals surface area (Å²) >= 11 is 0. The smallest absolute Gasteiger partial charge is 0.238 e. The van der Waals surface area contributed by atoms with Gasteiger partial charge < -0.3 is 10.1 Å². The van der Waals surface area contributed by atoms with Crippen LogP contribution in [0.25, 0.3) is 0 Å². The van der Waals surface area contributed by atoms with Gasteiger partial charge in [-0.2, -0.15) is 0 Å². The van der Waals surface area contributed by atoms with Gasteiger partial charge in [-0.25, -0.2) is 13.6 Å². The fourth-order valence-electron chi connectivity index (χ4n) is 2.68. The molecular formula is C15H23N3O4S. The van der Waals surface area contributed by atoms with Gasteiger partial charge in [-0.1, -0.05) is 0 Å². The fourth-order valence-corrected chi connectivity index (χ4v) is 3.19. The van der Waals surface area contributed by atoms with Crippen molar-refractivity contribution in [2.75, 3.05) is 25.0 Å². The van der Waals surface area contributed by atoms with Gasteiger partial charge >= 0.3 is 0 Å². The number of hydrogen-bond donors (Lipinski definition) is 2. The monoisotopic (exact) mass is 341 g/mol. The molecule has 1 heterocycles. The molecule has 0 aliphatic carbocycles. The van der Waals surface area contributed by atoms with Crippen LogP contribution in [0.2, 0.25) is 0 Å². The van der Waals surface area contributed by atoms with E-state index >= 15 is 0 Å². The van der Waals surface area contributed by atoms with Crippen molar-refractivity contribution in [3.63, 3.8) is 0 Å². The Bertz CT molecular complexity index is 635. The molecular weight excluding hydrogens is 318 g/mol. The van der Waals surface area contributed by atoms with Crippen LogP contribution in [0, 0.1) is 0 Å². The van der Waals surface area contributed by atoms with E-state index < -0.39 is 10.0 Å². The first-order valence-corrected chi connectivity index (χ1v) is 9.09. The Labute approximate surface area is 136 Å². The number of nitrogens with zero attached hydrogens (tertiary/aromatic N) is 1. The molecule has 7 nitrogen and oxygen atoms in total. The summed E-state index contributed by atoms with van der Waals surface area (Å²) in [5.41, 5.74) is 0.547. The zero-order valence-electron chi connectivity index (χ0n) is 13.4. The minimum Gasteiger partial charge on any atom is -0.373 e. The lowest BCUT2D eigenvalue weighted by Crippen LogP contribution is -2.46. The highest BCUT2D eigenvalue weighted by Gasteiger charge is 2.22. The van der Waals surface area contributed by atoms with E-state index in [0.717, 1.165) is 13.1 Å². The molecule has 8 heteroatoms. The third-order valence-electron chi connectivity index (χ3n) is 3.62. The van der Waals surface area contributed by atoms with Gasteiger partial charge in [-0.15, -0.1) is 0 Å². The van der Waals surface area contributed by atoms with Gasteiger partial charge in [-0.3, -0.25) is 9.69 Å². The van der Waals surface area contributed by atoms with Crippen LogP contribution in [0.3, 0.4) is 0 Å². The lowest BCUT2D eigenvalue weighted by atomic mass is 10.2. The Morgan fingerprint density at radius 1 is 1.26 bits per heavy atom. The maximum atomic E-state index is 12.0. The predicted octanol–water partition coefficient (Wildman–Crippen LogP) is 0.772. The topological polar surface area (TPSA) is 102 Å². The summed E-state index contributed by atoms with van der Waals surface area (Å²) in [5, 5.41) is 7.78. The molecule has 3 N–H and O–H groups in total. The molecule has 1 amide bonds. The van der Waals surface area contributed by atoms with Crippen LogP contribution in [-0.2, 0) is 19.6 Å². The van der Waals surface area contributed by atoms with Crippen molar-refractivity contribution in [1.82, 2.24) is 4.90 Å². The zero-order valence-corrected chi connectivity index (χ0v) is 14.2. The number of carbonyl (C=O) groups is 1. The lowest BCUT2D eigenvalue weighted by Gasteiger charge is -2.35. The highest BCUT2D eigenvalue weighted by atomic mass is 32.2. The minimum atomic E-state index is -3.71. The Balaban J connectivity index is 1.83. The van der Waals surface area contributed by atoms with E-state index in [4.69, 9.17) is 9.88 Å². The van der Waals surface area contributed by atoms with Crippen LogP contribution in [-0.4, -0.2) is 51.1 Å². The first-order valence-electron chi connectivity index (χ1n) is 7.54. The van der Waals surface area contributed by atoms with E-state index in [1.165, 1.54) is 24.3 Å². The van der Waals surface area contributed by atoms with E-state index in [1.54, 1.807) is 0 Å².